The lowest BCUT2D eigenvalue weighted by Crippen LogP contribution is -2.45. The van der Waals surface area contributed by atoms with Gasteiger partial charge in [0.05, 0.1) is 24.5 Å². The fourth-order valence-electron chi connectivity index (χ4n) is 3.85. The molecule has 9 nitrogen and oxygen atoms in total. The van der Waals surface area contributed by atoms with Crippen LogP contribution >= 0.6 is 0 Å². The van der Waals surface area contributed by atoms with Crippen LogP contribution in [-0.2, 0) is 26.2 Å². The lowest BCUT2D eigenvalue weighted by Gasteiger charge is -2.31. The zero-order valence-corrected chi connectivity index (χ0v) is 20.6. The van der Waals surface area contributed by atoms with Gasteiger partial charge in [-0.2, -0.15) is 4.31 Å². The highest BCUT2D eigenvalue weighted by atomic mass is 32.2. The third-order valence-electron chi connectivity index (χ3n) is 5.59. The summed E-state index contributed by atoms with van der Waals surface area (Å²) < 4.78 is 32.6. The van der Waals surface area contributed by atoms with E-state index in [-0.39, 0.29) is 36.3 Å². The lowest BCUT2D eigenvalue weighted by atomic mass is 9.98. The van der Waals surface area contributed by atoms with Crippen LogP contribution in [0.3, 0.4) is 0 Å². The maximum absolute atomic E-state index is 13.0. The van der Waals surface area contributed by atoms with E-state index in [4.69, 9.17) is 4.74 Å². The molecule has 2 aromatic carbocycles. The number of amides is 2. The van der Waals surface area contributed by atoms with Gasteiger partial charge < -0.3 is 20.3 Å². The predicted molar refractivity (Wildman–Crippen MR) is 130 cm³/mol. The molecule has 0 aromatic heterocycles. The van der Waals surface area contributed by atoms with Crippen LogP contribution < -0.4 is 15.4 Å². The number of likely N-dealkylation sites (N-methyl/N-ethyl adjacent to an activating group) is 1. The molecule has 1 aliphatic rings. The number of benzene rings is 2. The first kappa shape index (κ1) is 25.7. The Balaban J connectivity index is 1.58. The molecule has 10 heteroatoms. The van der Waals surface area contributed by atoms with Crippen molar-refractivity contribution in [1.82, 2.24) is 14.5 Å². The van der Waals surface area contributed by atoms with Crippen LogP contribution in [0.4, 0.5) is 5.69 Å². The number of carbonyl (C=O) groups excluding carboxylic acids is 2. The normalized spacial score (nSPS) is 16.8. The minimum atomic E-state index is -3.69. The maximum atomic E-state index is 13.0. The molecule has 1 atom stereocenters. The molecule has 1 heterocycles. The number of sulfonamides is 1. The van der Waals surface area contributed by atoms with Crippen LogP contribution in [0, 0.1) is 5.92 Å². The molecule has 2 N–H and O–H groups in total. The molecule has 2 amide bonds. The molecule has 1 aliphatic heterocycles. The minimum Gasteiger partial charge on any atom is -0.497 e. The van der Waals surface area contributed by atoms with E-state index in [1.165, 1.54) is 23.5 Å². The average Bonchev–Trinajstić information content (AvgIpc) is 2.82. The second-order valence-electron chi connectivity index (χ2n) is 8.58. The molecule has 0 spiro atoms. The molecule has 0 aliphatic carbocycles. The highest BCUT2D eigenvalue weighted by molar-refractivity contribution is 7.89. The standard InChI is InChI=1S/C24H32N4O5S/c1-27(2)17-23(29)26-20-8-4-6-18(14-20)15-25-24(30)19-7-5-13-28(16-19)34(31,32)22-11-9-21(33-3)10-12-22/h4,6,8-12,14,19H,5,7,13,15-17H2,1-3H3,(H,25,30)(H,26,29). The third kappa shape index (κ3) is 6.78. The number of nitrogens with one attached hydrogen (secondary N) is 2. The Morgan fingerprint density at radius 3 is 2.56 bits per heavy atom. The highest BCUT2D eigenvalue weighted by Crippen LogP contribution is 2.25. The van der Waals surface area contributed by atoms with E-state index >= 15 is 0 Å². The van der Waals surface area contributed by atoms with Crippen molar-refractivity contribution < 1.29 is 22.7 Å². The molecule has 34 heavy (non-hydrogen) atoms. The van der Waals surface area contributed by atoms with E-state index < -0.39 is 15.9 Å². The molecule has 2 aromatic rings. The van der Waals surface area contributed by atoms with Gasteiger partial charge in [0.15, 0.2) is 0 Å². The Bertz CT molecular complexity index is 1100. The van der Waals surface area contributed by atoms with Crippen molar-refractivity contribution in [2.75, 3.05) is 46.2 Å². The van der Waals surface area contributed by atoms with Gasteiger partial charge in [-0.3, -0.25) is 9.59 Å². The Hall–Kier alpha value is -2.95. The third-order valence-corrected chi connectivity index (χ3v) is 7.47. The van der Waals surface area contributed by atoms with Gasteiger partial charge in [-0.15, -0.1) is 0 Å². The van der Waals surface area contributed by atoms with Crippen molar-refractivity contribution >= 4 is 27.5 Å². The molecule has 184 valence electrons. The van der Waals surface area contributed by atoms with E-state index in [0.717, 1.165) is 5.56 Å². The molecular formula is C24H32N4O5S. The predicted octanol–water partition coefficient (Wildman–Crippen LogP) is 1.91. The van der Waals surface area contributed by atoms with Gasteiger partial charge in [-0.25, -0.2) is 8.42 Å². The number of carbonyl (C=O) groups is 2. The second-order valence-corrected chi connectivity index (χ2v) is 10.5. The monoisotopic (exact) mass is 488 g/mol. The summed E-state index contributed by atoms with van der Waals surface area (Å²) in [6.45, 7) is 1.09. The van der Waals surface area contributed by atoms with Crippen molar-refractivity contribution in [2.24, 2.45) is 5.92 Å². The van der Waals surface area contributed by atoms with Crippen LogP contribution in [0.25, 0.3) is 0 Å². The number of methoxy groups -OCH3 is 1. The van der Waals surface area contributed by atoms with Crippen LogP contribution in [0.2, 0.25) is 0 Å². The summed E-state index contributed by atoms with van der Waals surface area (Å²) in [4.78, 5) is 26.8. The Kier molecular flexibility index (Phi) is 8.65. The molecule has 0 saturated carbocycles. The molecule has 0 bridgehead atoms. The van der Waals surface area contributed by atoms with Gasteiger partial charge in [0.2, 0.25) is 21.8 Å². The summed E-state index contributed by atoms with van der Waals surface area (Å²) in [6.07, 6.45) is 1.24. The lowest BCUT2D eigenvalue weighted by molar-refractivity contribution is -0.126. The van der Waals surface area contributed by atoms with Gasteiger partial charge in [0.1, 0.15) is 5.75 Å². The quantitative estimate of drug-likeness (QED) is 0.558. The molecule has 1 unspecified atom stereocenters. The Morgan fingerprint density at radius 1 is 1.15 bits per heavy atom. The Morgan fingerprint density at radius 2 is 1.88 bits per heavy atom. The minimum absolute atomic E-state index is 0.119. The summed E-state index contributed by atoms with van der Waals surface area (Å²) in [7, 11) is 1.47. The first-order valence-electron chi connectivity index (χ1n) is 11.1. The van der Waals surface area contributed by atoms with E-state index in [2.05, 4.69) is 10.6 Å². The zero-order chi connectivity index (χ0) is 24.7. The first-order chi connectivity index (χ1) is 16.2. The molecular weight excluding hydrogens is 456 g/mol. The SMILES string of the molecule is COc1ccc(S(=O)(=O)N2CCCC(C(=O)NCc3cccc(NC(=O)CN(C)C)c3)C2)cc1. The average molecular weight is 489 g/mol. The molecule has 0 radical (unpaired) electrons. The number of rotatable bonds is 9. The summed E-state index contributed by atoms with van der Waals surface area (Å²) in [5.41, 5.74) is 1.50. The van der Waals surface area contributed by atoms with Gasteiger partial charge in [0.25, 0.3) is 0 Å². The van der Waals surface area contributed by atoms with Gasteiger partial charge >= 0.3 is 0 Å². The van der Waals surface area contributed by atoms with Gasteiger partial charge in [-0.1, -0.05) is 12.1 Å². The second kappa shape index (κ2) is 11.5. The van der Waals surface area contributed by atoms with Crippen LogP contribution in [0.1, 0.15) is 18.4 Å². The number of hydrogen-bond acceptors (Lipinski definition) is 6. The largest absolute Gasteiger partial charge is 0.497 e. The molecule has 1 fully saturated rings. The van der Waals surface area contributed by atoms with Crippen molar-refractivity contribution in [2.45, 2.75) is 24.3 Å². The van der Waals surface area contributed by atoms with E-state index in [1.54, 1.807) is 23.1 Å². The summed E-state index contributed by atoms with van der Waals surface area (Å²) >= 11 is 0. The van der Waals surface area contributed by atoms with Gasteiger partial charge in [0, 0.05) is 25.3 Å². The van der Waals surface area contributed by atoms with Crippen LogP contribution in [0.5, 0.6) is 5.75 Å². The summed E-state index contributed by atoms with van der Waals surface area (Å²) in [6, 6.07) is 13.5. The summed E-state index contributed by atoms with van der Waals surface area (Å²) in [5.74, 6) is -0.149. The number of hydrogen-bond donors (Lipinski definition) is 2. The number of ether oxygens (including phenoxy) is 1. The number of anilines is 1. The van der Waals surface area contributed by atoms with E-state index in [1.807, 2.05) is 32.3 Å². The van der Waals surface area contributed by atoms with E-state index in [0.29, 0.717) is 30.8 Å². The van der Waals surface area contributed by atoms with Gasteiger partial charge in [-0.05, 0) is 68.9 Å². The first-order valence-corrected chi connectivity index (χ1v) is 12.6. The fourth-order valence-corrected chi connectivity index (χ4v) is 5.38. The Labute approximate surface area is 201 Å². The summed E-state index contributed by atoms with van der Waals surface area (Å²) in [5, 5.41) is 5.75. The van der Waals surface area contributed by atoms with Crippen LogP contribution in [0.15, 0.2) is 53.4 Å². The smallest absolute Gasteiger partial charge is 0.243 e. The van der Waals surface area contributed by atoms with Crippen molar-refractivity contribution in [3.05, 3.63) is 54.1 Å². The fraction of sp³-hybridized carbons (Fsp3) is 0.417. The highest BCUT2D eigenvalue weighted by Gasteiger charge is 2.33. The van der Waals surface area contributed by atoms with Crippen molar-refractivity contribution in [3.8, 4) is 5.75 Å². The van der Waals surface area contributed by atoms with Crippen molar-refractivity contribution in [1.29, 1.82) is 0 Å². The van der Waals surface area contributed by atoms with Crippen LogP contribution in [-0.4, -0.2) is 70.3 Å². The van der Waals surface area contributed by atoms with E-state index in [9.17, 15) is 18.0 Å². The topological polar surface area (TPSA) is 108 Å². The molecule has 3 rings (SSSR count). The van der Waals surface area contributed by atoms with Crippen molar-refractivity contribution in [3.63, 3.8) is 0 Å². The number of piperidine rings is 1. The maximum Gasteiger partial charge on any atom is 0.243 e. The number of nitrogens with zero attached hydrogens (tertiary/aromatic N) is 2. The molecule has 1 saturated heterocycles. The zero-order valence-electron chi connectivity index (χ0n) is 19.8.